The highest BCUT2D eigenvalue weighted by Gasteiger charge is 2.27. The number of hydrogen-bond donors (Lipinski definition) is 1. The maximum Gasteiger partial charge on any atom is 0.305 e. The van der Waals surface area contributed by atoms with Gasteiger partial charge in [-0.25, -0.2) is 9.40 Å². The molecule has 1 saturated heterocycles. The molecular weight excluding hydrogens is 286 g/mol. The molecule has 1 aliphatic rings. The molecule has 1 aromatic rings. The Bertz CT molecular complexity index is 574. The summed E-state index contributed by atoms with van der Waals surface area (Å²) in [5.74, 6) is -3.63. The lowest BCUT2D eigenvalue weighted by Gasteiger charge is -2.32. The van der Waals surface area contributed by atoms with E-state index in [1.807, 2.05) is 11.9 Å². The number of nitrogens with one attached hydrogen (secondary N) is 1. The van der Waals surface area contributed by atoms with Gasteiger partial charge in [0, 0.05) is 32.2 Å². The van der Waals surface area contributed by atoms with Crippen molar-refractivity contribution < 1.29 is 18.5 Å². The minimum atomic E-state index is -1.47. The van der Waals surface area contributed by atoms with Crippen LogP contribution in [-0.2, 0) is 0 Å². The van der Waals surface area contributed by atoms with Gasteiger partial charge in [-0.1, -0.05) is 0 Å². The minimum Gasteiger partial charge on any atom is -0.304 e. The second kappa shape index (κ2) is 6.10. The number of carbonyl (C=O) groups is 1. The molecule has 0 saturated carbocycles. The van der Waals surface area contributed by atoms with E-state index in [4.69, 9.17) is 0 Å². The Balaban J connectivity index is 2.19. The molecule has 21 heavy (non-hydrogen) atoms. The van der Waals surface area contributed by atoms with Crippen molar-refractivity contribution in [1.29, 1.82) is 0 Å². The molecule has 114 valence electrons. The number of hydrazine groups is 1. The Hall–Kier alpha value is -2.13. The summed E-state index contributed by atoms with van der Waals surface area (Å²) in [7, 11) is 1.92. The molecule has 1 amide bonds. The third-order valence-corrected chi connectivity index (χ3v) is 3.26. The SMILES string of the molecule is CN1CCN(NC(=O)c2c(F)ccc([N+](=O)[O-])c2F)CC1. The molecule has 7 nitrogen and oxygen atoms in total. The van der Waals surface area contributed by atoms with Gasteiger partial charge in [0.1, 0.15) is 11.4 Å². The van der Waals surface area contributed by atoms with E-state index in [1.54, 1.807) is 0 Å². The predicted molar refractivity (Wildman–Crippen MR) is 69.5 cm³/mol. The predicted octanol–water partition coefficient (Wildman–Crippen LogP) is 0.765. The van der Waals surface area contributed by atoms with Gasteiger partial charge in [-0.15, -0.1) is 0 Å². The molecule has 0 aliphatic carbocycles. The van der Waals surface area contributed by atoms with Crippen molar-refractivity contribution >= 4 is 11.6 Å². The molecule has 1 fully saturated rings. The number of halogens is 2. The van der Waals surface area contributed by atoms with Gasteiger partial charge >= 0.3 is 5.69 Å². The average molecular weight is 300 g/mol. The third kappa shape index (κ3) is 3.31. The lowest BCUT2D eigenvalue weighted by Crippen LogP contribution is -2.52. The Labute approximate surface area is 119 Å². The molecule has 0 radical (unpaired) electrons. The lowest BCUT2D eigenvalue weighted by atomic mass is 10.1. The van der Waals surface area contributed by atoms with E-state index in [1.165, 1.54) is 5.01 Å². The van der Waals surface area contributed by atoms with Crippen LogP contribution in [0.3, 0.4) is 0 Å². The van der Waals surface area contributed by atoms with Crippen LogP contribution in [0.1, 0.15) is 10.4 Å². The largest absolute Gasteiger partial charge is 0.305 e. The average Bonchev–Trinajstić information content (AvgIpc) is 2.41. The Morgan fingerprint density at radius 2 is 1.90 bits per heavy atom. The fourth-order valence-electron chi connectivity index (χ4n) is 2.01. The molecule has 1 aromatic carbocycles. The quantitative estimate of drug-likeness (QED) is 0.659. The van der Waals surface area contributed by atoms with E-state index in [9.17, 15) is 23.7 Å². The van der Waals surface area contributed by atoms with Crippen LogP contribution in [-0.4, -0.2) is 54.0 Å². The number of benzene rings is 1. The van der Waals surface area contributed by atoms with Gasteiger partial charge in [-0.05, 0) is 13.1 Å². The maximum absolute atomic E-state index is 13.9. The van der Waals surface area contributed by atoms with Crippen molar-refractivity contribution in [3.05, 3.63) is 39.4 Å². The Morgan fingerprint density at radius 1 is 1.29 bits per heavy atom. The van der Waals surface area contributed by atoms with Gasteiger partial charge in [-0.3, -0.25) is 20.3 Å². The van der Waals surface area contributed by atoms with Crippen LogP contribution in [0, 0.1) is 21.7 Å². The standard InChI is InChI=1S/C12H14F2N4O3/c1-16-4-6-17(7-5-16)15-12(19)10-8(13)2-3-9(11(10)14)18(20)21/h2-3H,4-7H2,1H3,(H,15,19). The summed E-state index contributed by atoms with van der Waals surface area (Å²) >= 11 is 0. The summed E-state index contributed by atoms with van der Waals surface area (Å²) < 4.78 is 27.5. The van der Waals surface area contributed by atoms with Crippen LogP contribution in [0.5, 0.6) is 0 Å². The summed E-state index contributed by atoms with van der Waals surface area (Å²) in [6, 6.07) is 1.40. The number of nitrogens with zero attached hydrogens (tertiary/aromatic N) is 3. The van der Waals surface area contributed by atoms with Crippen LogP contribution in [0.2, 0.25) is 0 Å². The van der Waals surface area contributed by atoms with Gasteiger partial charge < -0.3 is 4.90 Å². The fraction of sp³-hybridized carbons (Fsp3) is 0.417. The highest BCUT2D eigenvalue weighted by Crippen LogP contribution is 2.23. The van der Waals surface area contributed by atoms with Gasteiger partial charge in [0.15, 0.2) is 0 Å². The summed E-state index contributed by atoms with van der Waals surface area (Å²) in [6.45, 7) is 2.39. The van der Waals surface area contributed by atoms with Crippen molar-refractivity contribution in [2.45, 2.75) is 0 Å². The number of nitro groups is 1. The summed E-state index contributed by atoms with van der Waals surface area (Å²) in [6.07, 6.45) is 0. The number of amides is 1. The number of likely N-dealkylation sites (N-methyl/N-ethyl adjacent to an activating group) is 1. The zero-order chi connectivity index (χ0) is 15.6. The van der Waals surface area contributed by atoms with Gasteiger partial charge in [-0.2, -0.15) is 4.39 Å². The van der Waals surface area contributed by atoms with Crippen molar-refractivity contribution in [1.82, 2.24) is 15.3 Å². The monoisotopic (exact) mass is 300 g/mol. The minimum absolute atomic E-state index is 0.500. The molecule has 0 bridgehead atoms. The van der Waals surface area contributed by atoms with Crippen molar-refractivity contribution in [3.63, 3.8) is 0 Å². The number of nitro benzene ring substituents is 1. The molecule has 1 aliphatic heterocycles. The van der Waals surface area contributed by atoms with E-state index >= 15 is 0 Å². The van der Waals surface area contributed by atoms with Crippen molar-refractivity contribution in [2.24, 2.45) is 0 Å². The topological polar surface area (TPSA) is 78.7 Å². The molecule has 2 rings (SSSR count). The van der Waals surface area contributed by atoms with E-state index in [0.717, 1.165) is 0 Å². The van der Waals surface area contributed by atoms with E-state index in [0.29, 0.717) is 38.3 Å². The molecule has 0 unspecified atom stereocenters. The van der Waals surface area contributed by atoms with Crippen molar-refractivity contribution in [3.8, 4) is 0 Å². The highest BCUT2D eigenvalue weighted by molar-refractivity contribution is 5.95. The molecule has 9 heteroatoms. The molecule has 1 N–H and O–H groups in total. The smallest absolute Gasteiger partial charge is 0.304 e. The van der Waals surface area contributed by atoms with Gasteiger partial charge in [0.25, 0.3) is 5.91 Å². The first-order chi connectivity index (χ1) is 9.90. The second-order valence-corrected chi connectivity index (χ2v) is 4.74. The Kier molecular flexibility index (Phi) is 4.43. The first-order valence-corrected chi connectivity index (χ1v) is 6.27. The van der Waals surface area contributed by atoms with Gasteiger partial charge in [0.2, 0.25) is 5.82 Å². The first kappa shape index (κ1) is 15.3. The molecule has 1 heterocycles. The highest BCUT2D eigenvalue weighted by atomic mass is 19.1. The molecular formula is C12H14F2N4O3. The van der Waals surface area contributed by atoms with Crippen molar-refractivity contribution in [2.75, 3.05) is 33.2 Å². The second-order valence-electron chi connectivity index (χ2n) is 4.74. The number of carbonyl (C=O) groups excluding carboxylic acids is 1. The van der Waals surface area contributed by atoms with E-state index < -0.39 is 33.7 Å². The lowest BCUT2D eigenvalue weighted by molar-refractivity contribution is -0.387. The zero-order valence-electron chi connectivity index (χ0n) is 11.3. The van der Waals surface area contributed by atoms with Crippen LogP contribution in [0.4, 0.5) is 14.5 Å². The summed E-state index contributed by atoms with van der Waals surface area (Å²) in [5, 5.41) is 12.2. The van der Waals surface area contributed by atoms with Crippen LogP contribution in [0.15, 0.2) is 12.1 Å². The van der Waals surface area contributed by atoms with Crippen LogP contribution >= 0.6 is 0 Å². The number of piperazine rings is 1. The van der Waals surface area contributed by atoms with Crippen LogP contribution in [0.25, 0.3) is 0 Å². The fourth-order valence-corrected chi connectivity index (χ4v) is 2.01. The third-order valence-electron chi connectivity index (χ3n) is 3.26. The summed E-state index contributed by atoms with van der Waals surface area (Å²) in [4.78, 5) is 23.6. The van der Waals surface area contributed by atoms with Crippen LogP contribution < -0.4 is 5.43 Å². The summed E-state index contributed by atoms with van der Waals surface area (Å²) in [5.41, 5.74) is 0.496. The maximum atomic E-state index is 13.9. The zero-order valence-corrected chi connectivity index (χ0v) is 11.3. The number of hydrogen-bond acceptors (Lipinski definition) is 5. The van der Waals surface area contributed by atoms with E-state index in [2.05, 4.69) is 5.43 Å². The molecule has 0 spiro atoms. The molecule has 0 atom stereocenters. The first-order valence-electron chi connectivity index (χ1n) is 6.27. The van der Waals surface area contributed by atoms with Gasteiger partial charge in [0.05, 0.1) is 4.92 Å². The number of rotatable bonds is 3. The molecule has 0 aromatic heterocycles. The van der Waals surface area contributed by atoms with E-state index in [-0.39, 0.29) is 0 Å². The normalized spacial score (nSPS) is 16.7. The Morgan fingerprint density at radius 3 is 2.48 bits per heavy atom.